The van der Waals surface area contributed by atoms with Crippen LogP contribution in [0.15, 0.2) is 18.2 Å². The summed E-state index contributed by atoms with van der Waals surface area (Å²) < 4.78 is 0. The lowest BCUT2D eigenvalue weighted by Gasteiger charge is -2.23. The van der Waals surface area contributed by atoms with Crippen molar-refractivity contribution >= 4 is 17.3 Å². The average Bonchev–Trinajstić information content (AvgIpc) is 2.78. The van der Waals surface area contributed by atoms with Crippen LogP contribution in [-0.4, -0.2) is 19.6 Å². The van der Waals surface area contributed by atoms with Gasteiger partial charge in [-0.05, 0) is 37.4 Å². The van der Waals surface area contributed by atoms with Crippen LogP contribution in [-0.2, 0) is 6.54 Å². The van der Waals surface area contributed by atoms with E-state index in [-0.39, 0.29) is 0 Å². The van der Waals surface area contributed by atoms with Crippen LogP contribution in [0.1, 0.15) is 32.3 Å². The summed E-state index contributed by atoms with van der Waals surface area (Å²) in [5.41, 5.74) is 2.57. The Labute approximate surface area is 115 Å². The van der Waals surface area contributed by atoms with Crippen LogP contribution in [0.4, 0.5) is 5.69 Å². The van der Waals surface area contributed by atoms with E-state index in [2.05, 4.69) is 36.2 Å². The van der Waals surface area contributed by atoms with Crippen molar-refractivity contribution in [2.45, 2.75) is 33.2 Å². The summed E-state index contributed by atoms with van der Waals surface area (Å²) in [6, 6.07) is 6.25. The van der Waals surface area contributed by atoms with E-state index in [1.165, 1.54) is 17.7 Å². The first-order chi connectivity index (χ1) is 8.72. The molecular formula is C15H23ClN2. The highest BCUT2D eigenvalue weighted by Gasteiger charge is 2.21. The van der Waals surface area contributed by atoms with E-state index >= 15 is 0 Å². The molecule has 1 heterocycles. The maximum absolute atomic E-state index is 6.36. The van der Waals surface area contributed by atoms with Crippen LogP contribution in [0.5, 0.6) is 0 Å². The lowest BCUT2D eigenvalue weighted by atomic mass is 10.1. The maximum Gasteiger partial charge on any atom is 0.0471 e. The van der Waals surface area contributed by atoms with Crippen molar-refractivity contribution in [2.75, 3.05) is 24.5 Å². The monoisotopic (exact) mass is 266 g/mol. The molecule has 1 unspecified atom stereocenters. The molecule has 0 aromatic heterocycles. The van der Waals surface area contributed by atoms with Gasteiger partial charge in [0.05, 0.1) is 0 Å². The minimum absolute atomic E-state index is 0.792. The van der Waals surface area contributed by atoms with E-state index in [9.17, 15) is 0 Å². The fraction of sp³-hybridized carbons (Fsp3) is 0.600. The zero-order valence-corrected chi connectivity index (χ0v) is 12.1. The summed E-state index contributed by atoms with van der Waals surface area (Å²) in [4.78, 5) is 2.47. The number of rotatable bonds is 5. The van der Waals surface area contributed by atoms with E-state index in [0.717, 1.165) is 43.5 Å². The summed E-state index contributed by atoms with van der Waals surface area (Å²) in [6.45, 7) is 8.72. The minimum atomic E-state index is 0.792. The Kier molecular flexibility index (Phi) is 4.90. The van der Waals surface area contributed by atoms with Gasteiger partial charge < -0.3 is 10.2 Å². The van der Waals surface area contributed by atoms with Crippen LogP contribution in [0.2, 0.25) is 5.02 Å². The Bertz CT molecular complexity index is 392. The fourth-order valence-electron chi connectivity index (χ4n) is 2.56. The molecule has 0 spiro atoms. The van der Waals surface area contributed by atoms with Crippen molar-refractivity contribution in [1.82, 2.24) is 5.32 Å². The molecule has 1 aliphatic rings. The first-order valence-electron chi connectivity index (χ1n) is 6.95. The highest BCUT2D eigenvalue weighted by molar-refractivity contribution is 6.31. The van der Waals surface area contributed by atoms with Gasteiger partial charge in [0, 0.05) is 35.9 Å². The van der Waals surface area contributed by atoms with Crippen molar-refractivity contribution in [3.63, 3.8) is 0 Å². The van der Waals surface area contributed by atoms with E-state index in [1.54, 1.807) is 0 Å². The normalized spacial score (nSPS) is 19.5. The van der Waals surface area contributed by atoms with E-state index in [1.807, 2.05) is 6.07 Å². The van der Waals surface area contributed by atoms with Crippen molar-refractivity contribution in [3.8, 4) is 0 Å². The second kappa shape index (κ2) is 6.44. The number of nitrogens with one attached hydrogen (secondary N) is 1. The van der Waals surface area contributed by atoms with Gasteiger partial charge in [-0.15, -0.1) is 0 Å². The lowest BCUT2D eigenvalue weighted by Crippen LogP contribution is -2.23. The van der Waals surface area contributed by atoms with E-state index in [0.29, 0.717) is 0 Å². The molecule has 1 aliphatic heterocycles. The molecule has 1 N–H and O–H groups in total. The van der Waals surface area contributed by atoms with Gasteiger partial charge in [0.2, 0.25) is 0 Å². The van der Waals surface area contributed by atoms with Crippen LogP contribution < -0.4 is 10.2 Å². The molecule has 0 saturated carbocycles. The molecule has 0 amide bonds. The number of nitrogens with zero attached hydrogens (tertiary/aromatic N) is 1. The minimum Gasteiger partial charge on any atom is -0.371 e. The fourth-order valence-corrected chi connectivity index (χ4v) is 2.80. The number of halogens is 1. The number of hydrogen-bond acceptors (Lipinski definition) is 2. The van der Waals surface area contributed by atoms with Gasteiger partial charge >= 0.3 is 0 Å². The molecule has 2 rings (SSSR count). The Hall–Kier alpha value is -0.730. The highest BCUT2D eigenvalue weighted by Crippen LogP contribution is 2.31. The van der Waals surface area contributed by atoms with Crippen LogP contribution in [0.25, 0.3) is 0 Å². The summed E-state index contributed by atoms with van der Waals surface area (Å²) in [5.74, 6) is 0.792. The second-order valence-electron chi connectivity index (χ2n) is 5.25. The van der Waals surface area contributed by atoms with Gasteiger partial charge in [-0.2, -0.15) is 0 Å². The molecule has 3 heteroatoms. The van der Waals surface area contributed by atoms with Crippen molar-refractivity contribution in [3.05, 3.63) is 28.8 Å². The van der Waals surface area contributed by atoms with Gasteiger partial charge in [-0.1, -0.05) is 31.5 Å². The van der Waals surface area contributed by atoms with Crippen molar-refractivity contribution in [2.24, 2.45) is 5.92 Å². The van der Waals surface area contributed by atoms with Gasteiger partial charge in [-0.25, -0.2) is 0 Å². The number of anilines is 1. The van der Waals surface area contributed by atoms with Crippen LogP contribution >= 0.6 is 11.6 Å². The Morgan fingerprint density at radius 2 is 2.28 bits per heavy atom. The number of benzene rings is 1. The Morgan fingerprint density at radius 3 is 2.94 bits per heavy atom. The molecule has 1 atom stereocenters. The quantitative estimate of drug-likeness (QED) is 0.818. The summed E-state index contributed by atoms with van der Waals surface area (Å²) in [6.07, 6.45) is 2.44. The molecule has 0 bridgehead atoms. The standard InChI is InChI=1S/C15H23ClN2/c1-3-8-17-10-13-14(16)5-4-6-15(13)18-9-7-12(2)11-18/h4-6,12,17H,3,7-11H2,1-2H3. The van der Waals surface area contributed by atoms with Gasteiger partial charge in [0.15, 0.2) is 0 Å². The third kappa shape index (κ3) is 3.18. The molecule has 0 radical (unpaired) electrons. The molecular weight excluding hydrogens is 244 g/mol. The molecule has 0 aliphatic carbocycles. The van der Waals surface area contributed by atoms with Crippen LogP contribution in [0.3, 0.4) is 0 Å². The SMILES string of the molecule is CCCNCc1c(Cl)cccc1N1CCC(C)C1. The smallest absolute Gasteiger partial charge is 0.0471 e. The van der Waals surface area contributed by atoms with Gasteiger partial charge in [0.1, 0.15) is 0 Å². The van der Waals surface area contributed by atoms with Crippen LogP contribution in [0, 0.1) is 5.92 Å². The third-order valence-electron chi connectivity index (χ3n) is 3.59. The molecule has 18 heavy (non-hydrogen) atoms. The van der Waals surface area contributed by atoms with Gasteiger partial charge in [-0.3, -0.25) is 0 Å². The zero-order valence-electron chi connectivity index (χ0n) is 11.4. The lowest BCUT2D eigenvalue weighted by molar-refractivity contribution is 0.657. The van der Waals surface area contributed by atoms with E-state index < -0.39 is 0 Å². The molecule has 1 aromatic rings. The first kappa shape index (κ1) is 13.7. The second-order valence-corrected chi connectivity index (χ2v) is 5.66. The topological polar surface area (TPSA) is 15.3 Å². The summed E-state index contributed by atoms with van der Waals surface area (Å²) >= 11 is 6.36. The molecule has 1 aromatic carbocycles. The average molecular weight is 267 g/mol. The largest absolute Gasteiger partial charge is 0.371 e. The number of hydrogen-bond donors (Lipinski definition) is 1. The molecule has 1 fully saturated rings. The van der Waals surface area contributed by atoms with Crippen molar-refractivity contribution in [1.29, 1.82) is 0 Å². The first-order valence-corrected chi connectivity index (χ1v) is 7.33. The Morgan fingerprint density at radius 1 is 1.44 bits per heavy atom. The van der Waals surface area contributed by atoms with E-state index in [4.69, 9.17) is 11.6 Å². The summed E-state index contributed by atoms with van der Waals surface area (Å²) in [5, 5.41) is 4.34. The Balaban J connectivity index is 2.15. The molecule has 100 valence electrons. The predicted molar refractivity (Wildman–Crippen MR) is 79.4 cm³/mol. The van der Waals surface area contributed by atoms with Gasteiger partial charge in [0.25, 0.3) is 0 Å². The third-order valence-corrected chi connectivity index (χ3v) is 3.94. The molecule has 2 nitrogen and oxygen atoms in total. The summed E-state index contributed by atoms with van der Waals surface area (Å²) in [7, 11) is 0. The molecule has 1 saturated heterocycles. The highest BCUT2D eigenvalue weighted by atomic mass is 35.5. The maximum atomic E-state index is 6.36. The van der Waals surface area contributed by atoms with Crippen molar-refractivity contribution < 1.29 is 0 Å². The zero-order chi connectivity index (χ0) is 13.0. The predicted octanol–water partition coefficient (Wildman–Crippen LogP) is 3.69.